The van der Waals surface area contributed by atoms with Gasteiger partial charge in [-0.3, -0.25) is 14.7 Å². The minimum absolute atomic E-state index is 0.108. The summed E-state index contributed by atoms with van der Waals surface area (Å²) in [5.41, 5.74) is 5.65. The van der Waals surface area contributed by atoms with E-state index in [-0.39, 0.29) is 11.9 Å². The Hall–Kier alpha value is -3.18. The number of fused-ring (bicyclic) bond motifs is 1. The van der Waals surface area contributed by atoms with E-state index < -0.39 is 0 Å². The number of thioether (sulfide) groups is 1. The monoisotopic (exact) mass is 498 g/mol. The summed E-state index contributed by atoms with van der Waals surface area (Å²) in [5.74, 6) is 1.32. The SMILES string of the molecule is CCSc1ccc(CNC(=O)c2cnc3c(c2)CN(Cc2ccc(C#N)cc2)[C@H]3C2CCOC2)cc1. The van der Waals surface area contributed by atoms with E-state index in [1.807, 2.05) is 42.1 Å². The number of nitrogens with zero attached hydrogens (tertiary/aromatic N) is 3. The van der Waals surface area contributed by atoms with Gasteiger partial charge in [0.05, 0.1) is 35.5 Å². The zero-order chi connectivity index (χ0) is 24.9. The third-order valence-electron chi connectivity index (χ3n) is 6.88. The summed E-state index contributed by atoms with van der Waals surface area (Å²) in [6, 6.07) is 20.4. The number of nitrogens with one attached hydrogen (secondary N) is 1. The van der Waals surface area contributed by atoms with Crippen LogP contribution < -0.4 is 5.32 Å². The van der Waals surface area contributed by atoms with Crippen molar-refractivity contribution in [2.45, 2.75) is 43.9 Å². The highest BCUT2D eigenvalue weighted by Crippen LogP contribution is 2.41. The Morgan fingerprint density at radius 1 is 1.19 bits per heavy atom. The van der Waals surface area contributed by atoms with Crippen molar-refractivity contribution in [2.75, 3.05) is 19.0 Å². The molecule has 5 rings (SSSR count). The third-order valence-corrected chi connectivity index (χ3v) is 7.77. The highest BCUT2D eigenvalue weighted by Gasteiger charge is 2.39. The second kappa shape index (κ2) is 11.3. The molecular weight excluding hydrogens is 468 g/mol. The number of carbonyl (C=O) groups is 1. The van der Waals surface area contributed by atoms with Gasteiger partial charge in [0.2, 0.25) is 0 Å². The van der Waals surface area contributed by atoms with E-state index in [2.05, 4.69) is 47.5 Å². The molecule has 0 radical (unpaired) electrons. The van der Waals surface area contributed by atoms with Crippen molar-refractivity contribution in [3.63, 3.8) is 0 Å². The summed E-state index contributed by atoms with van der Waals surface area (Å²) in [7, 11) is 0. The molecule has 0 aliphatic carbocycles. The first-order valence-corrected chi connectivity index (χ1v) is 13.4. The largest absolute Gasteiger partial charge is 0.381 e. The molecule has 0 spiro atoms. The van der Waals surface area contributed by atoms with Gasteiger partial charge in [-0.25, -0.2) is 0 Å². The number of hydrogen-bond donors (Lipinski definition) is 1. The molecule has 2 aliphatic rings. The zero-order valence-electron chi connectivity index (χ0n) is 20.4. The van der Waals surface area contributed by atoms with Crippen LogP contribution in [0.1, 0.15) is 57.7 Å². The first-order chi connectivity index (χ1) is 17.6. The number of nitriles is 1. The number of aromatic nitrogens is 1. The average molecular weight is 499 g/mol. The minimum Gasteiger partial charge on any atom is -0.381 e. The predicted octanol–water partition coefficient (Wildman–Crippen LogP) is 5.09. The van der Waals surface area contributed by atoms with Crippen LogP contribution in [0.4, 0.5) is 0 Å². The molecule has 0 bridgehead atoms. The van der Waals surface area contributed by atoms with Crippen molar-refractivity contribution in [3.8, 4) is 6.07 Å². The first-order valence-electron chi connectivity index (χ1n) is 12.4. The van der Waals surface area contributed by atoms with Crippen LogP contribution in [0.15, 0.2) is 65.7 Å². The van der Waals surface area contributed by atoms with E-state index in [0.29, 0.717) is 23.6 Å². The Bertz CT molecular complexity index is 1250. The maximum atomic E-state index is 12.9. The maximum Gasteiger partial charge on any atom is 0.253 e. The Kier molecular flexibility index (Phi) is 7.66. The van der Waals surface area contributed by atoms with Crippen LogP contribution in [0, 0.1) is 17.2 Å². The van der Waals surface area contributed by atoms with Gasteiger partial charge in [0.25, 0.3) is 5.91 Å². The fourth-order valence-electron chi connectivity index (χ4n) is 5.08. The maximum absolute atomic E-state index is 12.9. The molecule has 1 unspecified atom stereocenters. The molecule has 6 nitrogen and oxygen atoms in total. The molecule has 7 heteroatoms. The zero-order valence-corrected chi connectivity index (χ0v) is 21.3. The number of rotatable bonds is 8. The quantitative estimate of drug-likeness (QED) is 0.436. The molecule has 1 N–H and O–H groups in total. The van der Waals surface area contributed by atoms with Crippen LogP contribution in [0.3, 0.4) is 0 Å². The summed E-state index contributed by atoms with van der Waals surface area (Å²) in [5, 5.41) is 12.1. The van der Waals surface area contributed by atoms with Gasteiger partial charge in [0, 0.05) is 43.3 Å². The summed E-state index contributed by atoms with van der Waals surface area (Å²) < 4.78 is 5.71. The van der Waals surface area contributed by atoms with E-state index >= 15 is 0 Å². The molecule has 1 aromatic heterocycles. The highest BCUT2D eigenvalue weighted by atomic mass is 32.2. The number of pyridine rings is 1. The number of hydrogen-bond acceptors (Lipinski definition) is 6. The summed E-state index contributed by atoms with van der Waals surface area (Å²) >= 11 is 1.81. The normalized spacial score (nSPS) is 19.1. The molecule has 1 saturated heterocycles. The van der Waals surface area contributed by atoms with E-state index in [0.717, 1.165) is 60.9 Å². The van der Waals surface area contributed by atoms with Gasteiger partial charge in [0.15, 0.2) is 0 Å². The van der Waals surface area contributed by atoms with Gasteiger partial charge < -0.3 is 10.1 Å². The van der Waals surface area contributed by atoms with Gasteiger partial charge in [-0.1, -0.05) is 31.2 Å². The van der Waals surface area contributed by atoms with Gasteiger partial charge in [-0.15, -0.1) is 11.8 Å². The van der Waals surface area contributed by atoms with E-state index in [1.165, 1.54) is 4.90 Å². The fraction of sp³-hybridized carbons (Fsp3) is 0.345. The Morgan fingerprint density at radius 3 is 2.67 bits per heavy atom. The Morgan fingerprint density at radius 2 is 1.97 bits per heavy atom. The van der Waals surface area contributed by atoms with Crippen LogP contribution in [0.5, 0.6) is 0 Å². The fourth-order valence-corrected chi connectivity index (χ4v) is 5.74. The third kappa shape index (κ3) is 5.46. The second-order valence-electron chi connectivity index (χ2n) is 9.31. The highest BCUT2D eigenvalue weighted by molar-refractivity contribution is 7.99. The van der Waals surface area contributed by atoms with Crippen LogP contribution in [-0.2, 0) is 24.4 Å². The molecular formula is C29H30N4O2S. The van der Waals surface area contributed by atoms with Crippen molar-refractivity contribution in [1.29, 1.82) is 5.26 Å². The predicted molar refractivity (Wildman–Crippen MR) is 140 cm³/mol. The molecule has 2 aliphatic heterocycles. The lowest BCUT2D eigenvalue weighted by Crippen LogP contribution is -2.28. The first kappa shape index (κ1) is 24.5. The Balaban J connectivity index is 1.30. The molecule has 3 aromatic rings. The van der Waals surface area contributed by atoms with E-state index in [9.17, 15) is 4.79 Å². The molecule has 1 amide bonds. The van der Waals surface area contributed by atoms with Crippen LogP contribution in [0.25, 0.3) is 0 Å². The Labute approximate surface area is 216 Å². The lowest BCUT2D eigenvalue weighted by molar-refractivity contribution is 0.0950. The summed E-state index contributed by atoms with van der Waals surface area (Å²) in [4.78, 5) is 21.4. The minimum atomic E-state index is -0.108. The van der Waals surface area contributed by atoms with Crippen molar-refractivity contribution in [1.82, 2.24) is 15.2 Å². The van der Waals surface area contributed by atoms with Gasteiger partial charge in [0.1, 0.15) is 0 Å². The van der Waals surface area contributed by atoms with E-state index in [1.54, 1.807) is 6.20 Å². The molecule has 2 aromatic carbocycles. The van der Waals surface area contributed by atoms with Gasteiger partial charge >= 0.3 is 0 Å². The lowest BCUT2D eigenvalue weighted by Gasteiger charge is -2.28. The number of benzene rings is 2. The van der Waals surface area contributed by atoms with Gasteiger partial charge in [-0.2, -0.15) is 5.26 Å². The van der Waals surface area contributed by atoms with E-state index in [4.69, 9.17) is 15.0 Å². The second-order valence-corrected chi connectivity index (χ2v) is 10.6. The molecule has 1 fully saturated rings. The van der Waals surface area contributed by atoms with Crippen LogP contribution in [0.2, 0.25) is 0 Å². The van der Waals surface area contributed by atoms with Crippen LogP contribution >= 0.6 is 11.8 Å². The van der Waals surface area contributed by atoms with Crippen LogP contribution in [-0.4, -0.2) is 34.8 Å². The summed E-state index contributed by atoms with van der Waals surface area (Å²) in [6.45, 7) is 5.63. The number of ether oxygens (including phenoxy) is 1. The molecule has 2 atom stereocenters. The van der Waals surface area contributed by atoms with Gasteiger partial charge in [-0.05, 0) is 59.2 Å². The van der Waals surface area contributed by atoms with Crippen molar-refractivity contribution >= 4 is 17.7 Å². The lowest BCUT2D eigenvalue weighted by atomic mass is 9.95. The number of carbonyl (C=O) groups excluding carboxylic acids is 1. The van der Waals surface area contributed by atoms with Crippen molar-refractivity contribution in [3.05, 3.63) is 94.3 Å². The molecule has 0 saturated carbocycles. The summed E-state index contributed by atoms with van der Waals surface area (Å²) in [6.07, 6.45) is 2.72. The molecule has 36 heavy (non-hydrogen) atoms. The molecule has 3 heterocycles. The molecule has 184 valence electrons. The average Bonchev–Trinajstić information content (AvgIpc) is 3.56. The topological polar surface area (TPSA) is 78.3 Å². The smallest absolute Gasteiger partial charge is 0.253 e. The number of amides is 1. The standard InChI is InChI=1S/C29H30N4O2S/c1-2-36-26-9-7-21(8-10-26)15-32-29(34)24-13-25-18-33(17-22-5-3-20(14-30)4-6-22)28(27(25)31-16-24)23-11-12-35-19-23/h3-10,13,16,23,28H,2,11-12,15,17-19H2,1H3,(H,32,34)/t23?,28-/m0/s1. The van der Waals surface area contributed by atoms with Crippen molar-refractivity contribution < 1.29 is 9.53 Å². The van der Waals surface area contributed by atoms with Crippen molar-refractivity contribution in [2.24, 2.45) is 5.92 Å².